The topological polar surface area (TPSA) is 78.4 Å². The van der Waals surface area contributed by atoms with Crippen LogP contribution in [-0.2, 0) is 4.79 Å². The largest absolute Gasteiger partial charge is 0.352 e. The normalized spacial score (nSPS) is 14.3. The average molecular weight is 343 g/mol. The van der Waals surface area contributed by atoms with E-state index in [1.165, 1.54) is 24.3 Å². The maximum atomic E-state index is 12.9. The summed E-state index contributed by atoms with van der Waals surface area (Å²) in [5, 5.41) is 10.8. The van der Waals surface area contributed by atoms with Gasteiger partial charge in [0.25, 0.3) is 5.91 Å². The lowest BCUT2D eigenvalue weighted by Gasteiger charge is -2.34. The summed E-state index contributed by atoms with van der Waals surface area (Å²) < 4.78 is 12.9. The minimum absolute atomic E-state index is 0.0737. The van der Waals surface area contributed by atoms with E-state index in [4.69, 9.17) is 0 Å². The molecule has 2 amide bonds. The Hall–Kier alpha value is -3.03. The van der Waals surface area contributed by atoms with Crippen molar-refractivity contribution in [3.05, 3.63) is 47.8 Å². The molecule has 130 valence electrons. The Morgan fingerprint density at radius 1 is 1.00 bits per heavy atom. The second-order valence-corrected chi connectivity index (χ2v) is 5.73. The summed E-state index contributed by atoms with van der Waals surface area (Å²) in [4.78, 5) is 27.2. The van der Waals surface area contributed by atoms with Crippen molar-refractivity contribution < 1.29 is 14.0 Å². The SMILES string of the molecule is CC(=O)N1CCN(c2ccc(NC(=O)c3ccc(F)cc3)nn2)CC1. The van der Waals surface area contributed by atoms with Crippen LogP contribution in [0.2, 0.25) is 0 Å². The predicted octanol–water partition coefficient (Wildman–Crippen LogP) is 1.54. The summed E-state index contributed by atoms with van der Waals surface area (Å²) in [6.45, 7) is 4.25. The number of halogens is 1. The van der Waals surface area contributed by atoms with Crippen molar-refractivity contribution in [2.75, 3.05) is 36.4 Å². The maximum absolute atomic E-state index is 12.9. The number of anilines is 2. The number of nitrogens with zero attached hydrogens (tertiary/aromatic N) is 4. The van der Waals surface area contributed by atoms with Crippen LogP contribution in [0.1, 0.15) is 17.3 Å². The van der Waals surface area contributed by atoms with E-state index in [-0.39, 0.29) is 11.8 Å². The molecule has 0 spiro atoms. The molecule has 1 aromatic carbocycles. The Morgan fingerprint density at radius 2 is 1.68 bits per heavy atom. The Balaban J connectivity index is 1.60. The lowest BCUT2D eigenvalue weighted by molar-refractivity contribution is -0.129. The number of carbonyl (C=O) groups excluding carboxylic acids is 2. The van der Waals surface area contributed by atoms with Gasteiger partial charge < -0.3 is 15.1 Å². The molecule has 7 nitrogen and oxygen atoms in total. The number of carbonyl (C=O) groups is 2. The summed E-state index contributed by atoms with van der Waals surface area (Å²) in [6, 6.07) is 8.70. The van der Waals surface area contributed by atoms with Crippen LogP contribution in [0, 0.1) is 5.82 Å². The van der Waals surface area contributed by atoms with Crippen LogP contribution < -0.4 is 10.2 Å². The first-order valence-corrected chi connectivity index (χ1v) is 7.94. The highest BCUT2D eigenvalue weighted by Crippen LogP contribution is 2.15. The fraction of sp³-hybridized carbons (Fsp3) is 0.294. The van der Waals surface area contributed by atoms with E-state index in [1.807, 2.05) is 4.90 Å². The zero-order valence-electron chi connectivity index (χ0n) is 13.8. The number of hydrogen-bond acceptors (Lipinski definition) is 5. The van der Waals surface area contributed by atoms with Crippen molar-refractivity contribution in [2.45, 2.75) is 6.92 Å². The molecule has 2 heterocycles. The van der Waals surface area contributed by atoms with E-state index in [0.717, 1.165) is 0 Å². The molecular weight excluding hydrogens is 325 g/mol. The van der Waals surface area contributed by atoms with Gasteiger partial charge in [-0.15, -0.1) is 10.2 Å². The highest BCUT2D eigenvalue weighted by atomic mass is 19.1. The van der Waals surface area contributed by atoms with Crippen molar-refractivity contribution >= 4 is 23.5 Å². The Morgan fingerprint density at radius 3 is 2.24 bits per heavy atom. The highest BCUT2D eigenvalue weighted by Gasteiger charge is 2.19. The molecule has 2 aromatic rings. The van der Waals surface area contributed by atoms with E-state index >= 15 is 0 Å². The Kier molecular flexibility index (Phi) is 4.87. The number of rotatable bonds is 3. The third kappa shape index (κ3) is 4.09. The predicted molar refractivity (Wildman–Crippen MR) is 90.9 cm³/mol. The number of aromatic nitrogens is 2. The van der Waals surface area contributed by atoms with Gasteiger partial charge in [0.05, 0.1) is 0 Å². The van der Waals surface area contributed by atoms with Gasteiger partial charge in [-0.05, 0) is 36.4 Å². The minimum Gasteiger partial charge on any atom is -0.352 e. The minimum atomic E-state index is -0.398. The molecule has 3 rings (SSSR count). The summed E-state index contributed by atoms with van der Waals surface area (Å²) in [7, 11) is 0. The van der Waals surface area contributed by atoms with Gasteiger partial charge in [0, 0.05) is 38.7 Å². The van der Waals surface area contributed by atoms with Crippen molar-refractivity contribution in [3.63, 3.8) is 0 Å². The van der Waals surface area contributed by atoms with Crippen molar-refractivity contribution in [2.24, 2.45) is 0 Å². The molecule has 0 aliphatic carbocycles. The molecule has 0 bridgehead atoms. The monoisotopic (exact) mass is 343 g/mol. The Bertz CT molecular complexity index is 756. The molecule has 0 radical (unpaired) electrons. The molecule has 8 heteroatoms. The van der Waals surface area contributed by atoms with Crippen LogP contribution in [0.25, 0.3) is 0 Å². The number of amides is 2. The summed E-state index contributed by atoms with van der Waals surface area (Å²) in [6.07, 6.45) is 0. The standard InChI is InChI=1S/C17H18FN5O2/c1-12(24)22-8-10-23(11-9-22)16-7-6-15(20-21-16)19-17(25)13-2-4-14(18)5-3-13/h2-7H,8-11H2,1H3,(H,19,20,25). The second kappa shape index (κ2) is 7.25. The van der Waals surface area contributed by atoms with Gasteiger partial charge in [0.2, 0.25) is 5.91 Å². The van der Waals surface area contributed by atoms with Crippen LogP contribution in [-0.4, -0.2) is 53.1 Å². The fourth-order valence-corrected chi connectivity index (χ4v) is 2.60. The zero-order valence-corrected chi connectivity index (χ0v) is 13.8. The van der Waals surface area contributed by atoms with Crippen molar-refractivity contribution in [1.82, 2.24) is 15.1 Å². The van der Waals surface area contributed by atoms with Gasteiger partial charge in [0.15, 0.2) is 11.6 Å². The van der Waals surface area contributed by atoms with Gasteiger partial charge in [0.1, 0.15) is 5.82 Å². The van der Waals surface area contributed by atoms with E-state index in [2.05, 4.69) is 15.5 Å². The molecular formula is C17H18FN5O2. The Labute approximate surface area is 144 Å². The molecule has 0 saturated carbocycles. The van der Waals surface area contributed by atoms with Crippen LogP contribution in [0.4, 0.5) is 16.0 Å². The number of benzene rings is 1. The zero-order chi connectivity index (χ0) is 17.8. The first-order valence-electron chi connectivity index (χ1n) is 7.94. The van der Waals surface area contributed by atoms with Crippen molar-refractivity contribution in [1.29, 1.82) is 0 Å². The van der Waals surface area contributed by atoms with E-state index < -0.39 is 5.82 Å². The molecule has 1 saturated heterocycles. The molecule has 1 aromatic heterocycles. The van der Waals surface area contributed by atoms with Gasteiger partial charge in [-0.2, -0.15) is 0 Å². The lowest BCUT2D eigenvalue weighted by Crippen LogP contribution is -2.48. The maximum Gasteiger partial charge on any atom is 0.256 e. The van der Waals surface area contributed by atoms with Gasteiger partial charge in [-0.3, -0.25) is 9.59 Å². The van der Waals surface area contributed by atoms with E-state index in [0.29, 0.717) is 43.4 Å². The van der Waals surface area contributed by atoms with Gasteiger partial charge in [-0.25, -0.2) is 4.39 Å². The van der Waals surface area contributed by atoms with Crippen molar-refractivity contribution in [3.8, 4) is 0 Å². The molecule has 1 fully saturated rings. The van der Waals surface area contributed by atoms with E-state index in [1.54, 1.807) is 24.0 Å². The molecule has 0 atom stereocenters. The first kappa shape index (κ1) is 16.8. The van der Waals surface area contributed by atoms with Gasteiger partial charge in [-0.1, -0.05) is 0 Å². The number of nitrogens with one attached hydrogen (secondary N) is 1. The van der Waals surface area contributed by atoms with Gasteiger partial charge >= 0.3 is 0 Å². The molecule has 1 aliphatic rings. The fourth-order valence-electron chi connectivity index (χ4n) is 2.60. The van der Waals surface area contributed by atoms with E-state index in [9.17, 15) is 14.0 Å². The average Bonchev–Trinajstić information content (AvgIpc) is 2.63. The number of piperazine rings is 1. The number of hydrogen-bond donors (Lipinski definition) is 1. The van der Waals surface area contributed by atoms with Crippen LogP contribution in [0.5, 0.6) is 0 Å². The summed E-state index contributed by atoms with van der Waals surface area (Å²) >= 11 is 0. The smallest absolute Gasteiger partial charge is 0.256 e. The van der Waals surface area contributed by atoms with Crippen LogP contribution in [0.3, 0.4) is 0 Å². The highest BCUT2D eigenvalue weighted by molar-refractivity contribution is 6.03. The second-order valence-electron chi connectivity index (χ2n) is 5.73. The molecule has 1 N–H and O–H groups in total. The lowest BCUT2D eigenvalue weighted by atomic mass is 10.2. The molecule has 1 aliphatic heterocycles. The third-order valence-electron chi connectivity index (χ3n) is 4.05. The summed E-state index contributed by atoms with van der Waals surface area (Å²) in [5.74, 6) is 0.315. The summed E-state index contributed by atoms with van der Waals surface area (Å²) in [5.41, 5.74) is 0.340. The quantitative estimate of drug-likeness (QED) is 0.914. The molecule has 0 unspecified atom stereocenters. The molecule has 25 heavy (non-hydrogen) atoms. The van der Waals surface area contributed by atoms with Crippen LogP contribution in [0.15, 0.2) is 36.4 Å². The first-order chi connectivity index (χ1) is 12.0. The van der Waals surface area contributed by atoms with Crippen LogP contribution >= 0.6 is 0 Å². The third-order valence-corrected chi connectivity index (χ3v) is 4.05.